The van der Waals surface area contributed by atoms with E-state index in [1.165, 1.54) is 45.1 Å². The normalized spacial score (nSPS) is 30.0. The predicted octanol–water partition coefficient (Wildman–Crippen LogP) is 5.23. The summed E-state index contributed by atoms with van der Waals surface area (Å²) in [5.41, 5.74) is 2.11. The van der Waals surface area contributed by atoms with Crippen molar-refractivity contribution >= 4 is 23.1 Å². The minimum absolute atomic E-state index is 0.544. The standard InChI is InChI=1S/C16H25NS2/c1-12-10-14(13-6-9-18-15(13)19-12)17-11-16(2)7-4-3-5-8-16/h6,9,12,14,17H,3-5,7-8,10-11H2,1-2H3/t12-,14?/m0/s1. The number of nitrogens with one attached hydrogen (secondary N) is 1. The Kier molecular flexibility index (Phi) is 4.25. The van der Waals surface area contributed by atoms with Crippen LogP contribution >= 0.6 is 23.1 Å². The highest BCUT2D eigenvalue weighted by Crippen LogP contribution is 2.44. The van der Waals surface area contributed by atoms with Gasteiger partial charge < -0.3 is 5.32 Å². The summed E-state index contributed by atoms with van der Waals surface area (Å²) >= 11 is 3.98. The fourth-order valence-electron chi connectivity index (χ4n) is 3.49. The van der Waals surface area contributed by atoms with Gasteiger partial charge in [-0.05, 0) is 41.7 Å². The topological polar surface area (TPSA) is 12.0 Å². The maximum Gasteiger partial charge on any atom is 0.0649 e. The Hall–Kier alpha value is 0.01000. The monoisotopic (exact) mass is 295 g/mol. The van der Waals surface area contributed by atoms with Crippen LogP contribution in [0.25, 0.3) is 0 Å². The van der Waals surface area contributed by atoms with Gasteiger partial charge in [-0.1, -0.05) is 33.1 Å². The highest BCUT2D eigenvalue weighted by molar-refractivity contribution is 8.01. The summed E-state index contributed by atoms with van der Waals surface area (Å²) < 4.78 is 1.55. The van der Waals surface area contributed by atoms with Gasteiger partial charge in [0.2, 0.25) is 0 Å². The molecule has 0 amide bonds. The zero-order valence-corrected chi connectivity index (χ0v) is 13.7. The first-order valence-electron chi connectivity index (χ1n) is 7.64. The van der Waals surface area contributed by atoms with Crippen LogP contribution in [0.1, 0.15) is 64.0 Å². The zero-order valence-electron chi connectivity index (χ0n) is 12.1. The molecule has 1 saturated carbocycles. The zero-order chi connectivity index (χ0) is 13.3. The van der Waals surface area contributed by atoms with Crippen LogP contribution in [0.5, 0.6) is 0 Å². The van der Waals surface area contributed by atoms with E-state index >= 15 is 0 Å². The summed E-state index contributed by atoms with van der Waals surface area (Å²) in [5.74, 6) is 0. The number of hydrogen-bond donors (Lipinski definition) is 1. The first-order chi connectivity index (χ1) is 9.16. The molecule has 1 aromatic heterocycles. The summed E-state index contributed by atoms with van der Waals surface area (Å²) in [7, 11) is 0. The number of thioether (sulfide) groups is 1. The lowest BCUT2D eigenvalue weighted by molar-refractivity contribution is 0.198. The molecule has 0 saturated heterocycles. The molecule has 2 heterocycles. The van der Waals surface area contributed by atoms with Crippen molar-refractivity contribution < 1.29 is 0 Å². The quantitative estimate of drug-likeness (QED) is 0.819. The van der Waals surface area contributed by atoms with Crippen LogP contribution in [0.2, 0.25) is 0 Å². The lowest BCUT2D eigenvalue weighted by atomic mass is 9.75. The number of thiophene rings is 1. The van der Waals surface area contributed by atoms with E-state index in [9.17, 15) is 0 Å². The van der Waals surface area contributed by atoms with Gasteiger partial charge in [-0.15, -0.1) is 23.1 Å². The molecule has 0 bridgehead atoms. The van der Waals surface area contributed by atoms with Gasteiger partial charge in [0.05, 0.1) is 4.21 Å². The van der Waals surface area contributed by atoms with Crippen molar-refractivity contribution in [2.24, 2.45) is 5.41 Å². The van der Waals surface area contributed by atoms with E-state index in [4.69, 9.17) is 0 Å². The molecule has 3 rings (SSSR count). The molecular weight excluding hydrogens is 270 g/mol. The summed E-state index contributed by atoms with van der Waals surface area (Å²) in [5, 5.41) is 6.91. The van der Waals surface area contributed by atoms with E-state index in [1.807, 2.05) is 11.3 Å². The third kappa shape index (κ3) is 3.20. The molecule has 2 aliphatic rings. The van der Waals surface area contributed by atoms with Crippen molar-refractivity contribution in [2.75, 3.05) is 6.54 Å². The molecule has 1 aromatic rings. The third-order valence-corrected chi connectivity index (χ3v) is 7.09. The van der Waals surface area contributed by atoms with Gasteiger partial charge in [-0.3, -0.25) is 0 Å². The molecule has 3 heteroatoms. The Morgan fingerprint density at radius 2 is 2.11 bits per heavy atom. The molecule has 106 valence electrons. The number of rotatable bonds is 3. The van der Waals surface area contributed by atoms with E-state index in [1.54, 1.807) is 9.77 Å². The van der Waals surface area contributed by atoms with E-state index in [0.717, 1.165) is 5.25 Å². The van der Waals surface area contributed by atoms with Crippen LogP contribution in [0.15, 0.2) is 15.7 Å². The molecule has 0 spiro atoms. The number of fused-ring (bicyclic) bond motifs is 1. The molecule has 2 atom stereocenters. The molecule has 1 unspecified atom stereocenters. The molecule has 1 aliphatic carbocycles. The second kappa shape index (κ2) is 5.79. The van der Waals surface area contributed by atoms with Crippen LogP contribution in [-0.2, 0) is 0 Å². The Morgan fingerprint density at radius 3 is 2.89 bits per heavy atom. The van der Waals surface area contributed by atoms with Crippen molar-refractivity contribution in [3.63, 3.8) is 0 Å². The summed E-state index contributed by atoms with van der Waals surface area (Å²) in [6, 6.07) is 2.93. The minimum Gasteiger partial charge on any atom is -0.309 e. The SMILES string of the molecule is C[C@H]1CC(NCC2(C)CCCCC2)c2ccsc2S1. The average molecular weight is 296 g/mol. The Bertz CT molecular complexity index is 420. The fourth-order valence-corrected chi connectivity index (χ4v) is 6.06. The lowest BCUT2D eigenvalue weighted by Crippen LogP contribution is -2.37. The molecule has 1 fully saturated rings. The van der Waals surface area contributed by atoms with Gasteiger partial charge >= 0.3 is 0 Å². The van der Waals surface area contributed by atoms with Crippen LogP contribution in [0, 0.1) is 5.41 Å². The van der Waals surface area contributed by atoms with Gasteiger partial charge in [0, 0.05) is 17.8 Å². The van der Waals surface area contributed by atoms with Crippen molar-refractivity contribution in [3.05, 3.63) is 17.0 Å². The fraction of sp³-hybridized carbons (Fsp3) is 0.750. The van der Waals surface area contributed by atoms with Gasteiger partial charge in [-0.25, -0.2) is 0 Å². The first-order valence-corrected chi connectivity index (χ1v) is 9.40. The average Bonchev–Trinajstić information content (AvgIpc) is 2.85. The largest absolute Gasteiger partial charge is 0.309 e. The highest BCUT2D eigenvalue weighted by Gasteiger charge is 2.30. The Labute approximate surface area is 125 Å². The molecule has 0 aromatic carbocycles. The van der Waals surface area contributed by atoms with Crippen molar-refractivity contribution in [3.8, 4) is 0 Å². The van der Waals surface area contributed by atoms with Gasteiger partial charge in [0.15, 0.2) is 0 Å². The molecule has 19 heavy (non-hydrogen) atoms. The highest BCUT2D eigenvalue weighted by atomic mass is 32.2. The van der Waals surface area contributed by atoms with Crippen LogP contribution < -0.4 is 5.32 Å². The van der Waals surface area contributed by atoms with Crippen molar-refractivity contribution in [1.29, 1.82) is 0 Å². The Morgan fingerprint density at radius 1 is 1.32 bits per heavy atom. The van der Waals surface area contributed by atoms with Crippen molar-refractivity contribution in [1.82, 2.24) is 5.32 Å². The maximum atomic E-state index is 3.90. The Balaban J connectivity index is 1.64. The van der Waals surface area contributed by atoms with Gasteiger partial charge in [0.25, 0.3) is 0 Å². The lowest BCUT2D eigenvalue weighted by Gasteiger charge is -2.36. The van der Waals surface area contributed by atoms with E-state index in [-0.39, 0.29) is 0 Å². The van der Waals surface area contributed by atoms with Crippen LogP contribution in [0.4, 0.5) is 0 Å². The molecular formula is C16H25NS2. The van der Waals surface area contributed by atoms with E-state index in [0.29, 0.717) is 11.5 Å². The number of hydrogen-bond acceptors (Lipinski definition) is 3. The third-order valence-electron chi connectivity index (χ3n) is 4.75. The molecule has 0 radical (unpaired) electrons. The second-order valence-electron chi connectivity index (χ2n) is 6.63. The smallest absolute Gasteiger partial charge is 0.0649 e. The van der Waals surface area contributed by atoms with Gasteiger partial charge in [0.1, 0.15) is 0 Å². The van der Waals surface area contributed by atoms with Crippen LogP contribution in [0.3, 0.4) is 0 Å². The summed E-state index contributed by atoms with van der Waals surface area (Å²) in [4.78, 5) is 0. The maximum absolute atomic E-state index is 3.90. The minimum atomic E-state index is 0.544. The van der Waals surface area contributed by atoms with Gasteiger partial charge in [-0.2, -0.15) is 0 Å². The summed E-state index contributed by atoms with van der Waals surface area (Å²) in [6.45, 7) is 6.05. The van der Waals surface area contributed by atoms with E-state index in [2.05, 4.69) is 42.4 Å². The van der Waals surface area contributed by atoms with E-state index < -0.39 is 0 Å². The first kappa shape index (κ1) is 14.0. The predicted molar refractivity (Wildman–Crippen MR) is 86.2 cm³/mol. The molecule has 1 nitrogen and oxygen atoms in total. The van der Waals surface area contributed by atoms with Crippen molar-refractivity contribution in [2.45, 2.75) is 67.9 Å². The van der Waals surface area contributed by atoms with Crippen LogP contribution in [-0.4, -0.2) is 11.8 Å². The molecule has 1 aliphatic heterocycles. The summed E-state index contributed by atoms with van der Waals surface area (Å²) in [6.07, 6.45) is 8.41. The molecule has 1 N–H and O–H groups in total. The second-order valence-corrected chi connectivity index (χ2v) is 9.26.